The van der Waals surface area contributed by atoms with Gasteiger partial charge < -0.3 is 10.6 Å². The van der Waals surface area contributed by atoms with Crippen LogP contribution in [0.2, 0.25) is 0 Å². The van der Waals surface area contributed by atoms with E-state index < -0.39 is 12.3 Å². The van der Waals surface area contributed by atoms with Crippen LogP contribution in [-0.2, 0) is 4.79 Å². The average molecular weight is 178 g/mol. The fourth-order valence-electron chi connectivity index (χ4n) is 1.30. The Bertz CT molecular complexity index is 175. The maximum absolute atomic E-state index is 11.8. The van der Waals surface area contributed by atoms with E-state index >= 15 is 0 Å². The highest BCUT2D eigenvalue weighted by atomic mass is 19.3. The zero-order chi connectivity index (χ0) is 9.14. The molecule has 1 amide bonds. The van der Waals surface area contributed by atoms with Crippen LogP contribution in [0.4, 0.5) is 8.78 Å². The summed E-state index contributed by atoms with van der Waals surface area (Å²) in [4.78, 5) is 10.6. The van der Waals surface area contributed by atoms with Crippen molar-refractivity contribution in [2.24, 2.45) is 0 Å². The molecule has 1 rings (SSSR count). The zero-order valence-electron chi connectivity index (χ0n) is 6.81. The molecule has 1 aliphatic heterocycles. The highest BCUT2D eigenvalue weighted by Crippen LogP contribution is 2.06. The van der Waals surface area contributed by atoms with Crippen LogP contribution < -0.4 is 10.6 Å². The highest BCUT2D eigenvalue weighted by Gasteiger charge is 2.26. The van der Waals surface area contributed by atoms with Gasteiger partial charge in [0.15, 0.2) is 0 Å². The molecule has 2 unspecified atom stereocenters. The molecule has 0 aromatic rings. The van der Waals surface area contributed by atoms with Gasteiger partial charge in [0.1, 0.15) is 0 Å². The van der Waals surface area contributed by atoms with Crippen molar-refractivity contribution in [3.63, 3.8) is 0 Å². The van der Waals surface area contributed by atoms with Gasteiger partial charge in [-0.3, -0.25) is 4.79 Å². The topological polar surface area (TPSA) is 41.1 Å². The molecule has 12 heavy (non-hydrogen) atoms. The van der Waals surface area contributed by atoms with E-state index in [1.54, 1.807) is 0 Å². The first kappa shape index (κ1) is 9.38. The Kier molecular flexibility index (Phi) is 2.97. The fraction of sp³-hybridized carbons (Fsp3) is 0.857. The van der Waals surface area contributed by atoms with Crippen LogP contribution in [0.5, 0.6) is 0 Å². The maximum Gasteiger partial charge on any atom is 0.315 e. The van der Waals surface area contributed by atoms with Gasteiger partial charge in [-0.25, -0.2) is 0 Å². The Hall–Kier alpha value is -0.710. The summed E-state index contributed by atoms with van der Waals surface area (Å²) < 4.78 is 23.6. The number of halogens is 2. The second-order valence-electron chi connectivity index (χ2n) is 2.95. The van der Waals surface area contributed by atoms with Gasteiger partial charge in [0.05, 0.1) is 0 Å². The van der Waals surface area contributed by atoms with Crippen LogP contribution in [0.1, 0.15) is 13.3 Å². The fourth-order valence-corrected chi connectivity index (χ4v) is 1.30. The van der Waals surface area contributed by atoms with Crippen molar-refractivity contribution in [3.05, 3.63) is 0 Å². The van der Waals surface area contributed by atoms with E-state index in [2.05, 4.69) is 10.6 Å². The number of nitrogens with one attached hydrogen (secondary N) is 2. The molecule has 0 aliphatic carbocycles. The summed E-state index contributed by atoms with van der Waals surface area (Å²) in [5, 5.41) is 5.33. The molecule has 2 atom stereocenters. The first-order valence-corrected chi connectivity index (χ1v) is 3.93. The Balaban J connectivity index is 2.35. The summed E-state index contributed by atoms with van der Waals surface area (Å²) in [6.45, 7) is 2.64. The standard InChI is InChI=1S/C7H12F2N2O/c1-4-5(2-3-10-4)11-7(12)6(8)9/h4-6,10H,2-3H2,1H3,(H,11,12). The molecule has 0 spiro atoms. The molecule has 0 bridgehead atoms. The first-order chi connectivity index (χ1) is 5.61. The molecule has 0 radical (unpaired) electrons. The lowest BCUT2D eigenvalue weighted by Gasteiger charge is -2.16. The number of rotatable bonds is 2. The Morgan fingerprint density at radius 3 is 2.75 bits per heavy atom. The Morgan fingerprint density at radius 2 is 2.33 bits per heavy atom. The minimum absolute atomic E-state index is 0.0905. The molecule has 70 valence electrons. The summed E-state index contributed by atoms with van der Waals surface area (Å²) in [5.41, 5.74) is 0. The molecule has 1 fully saturated rings. The zero-order valence-corrected chi connectivity index (χ0v) is 6.81. The molecule has 5 heteroatoms. The summed E-state index contributed by atoms with van der Waals surface area (Å²) in [7, 11) is 0. The molecule has 0 aromatic heterocycles. The third kappa shape index (κ3) is 2.14. The first-order valence-electron chi connectivity index (χ1n) is 3.93. The van der Waals surface area contributed by atoms with Gasteiger partial charge in [-0.05, 0) is 19.9 Å². The van der Waals surface area contributed by atoms with E-state index in [9.17, 15) is 13.6 Å². The van der Waals surface area contributed by atoms with Gasteiger partial charge in [-0.15, -0.1) is 0 Å². The van der Waals surface area contributed by atoms with Gasteiger partial charge in [-0.1, -0.05) is 0 Å². The molecule has 1 heterocycles. The van der Waals surface area contributed by atoms with Crippen LogP contribution in [0, 0.1) is 0 Å². The lowest BCUT2D eigenvalue weighted by Crippen LogP contribution is -2.44. The minimum atomic E-state index is -2.90. The lowest BCUT2D eigenvalue weighted by molar-refractivity contribution is -0.132. The molecular weight excluding hydrogens is 166 g/mol. The second kappa shape index (κ2) is 3.80. The van der Waals surface area contributed by atoms with Gasteiger partial charge in [0.2, 0.25) is 0 Å². The van der Waals surface area contributed by atoms with E-state index in [1.807, 2.05) is 6.92 Å². The third-order valence-electron chi connectivity index (χ3n) is 2.05. The van der Waals surface area contributed by atoms with Crippen molar-refractivity contribution in [1.82, 2.24) is 10.6 Å². The Labute approximate surface area is 69.5 Å². The second-order valence-corrected chi connectivity index (χ2v) is 2.95. The smallest absolute Gasteiger partial charge is 0.315 e. The number of carbonyl (C=O) groups is 1. The minimum Gasteiger partial charge on any atom is -0.347 e. The van der Waals surface area contributed by atoms with Crippen molar-refractivity contribution >= 4 is 5.91 Å². The van der Waals surface area contributed by atoms with Gasteiger partial charge >= 0.3 is 6.43 Å². The average Bonchev–Trinajstić information content (AvgIpc) is 2.36. The number of hydrogen-bond acceptors (Lipinski definition) is 2. The van der Waals surface area contributed by atoms with Crippen LogP contribution >= 0.6 is 0 Å². The summed E-state index contributed by atoms with van der Waals surface area (Å²) in [6, 6.07) is -0.0563. The van der Waals surface area contributed by atoms with Gasteiger partial charge in [-0.2, -0.15) is 8.78 Å². The molecule has 3 nitrogen and oxygen atoms in total. The summed E-state index contributed by atoms with van der Waals surface area (Å²) in [5.74, 6) is -1.17. The number of alkyl halides is 2. The summed E-state index contributed by atoms with van der Waals surface area (Å²) in [6.07, 6.45) is -2.18. The maximum atomic E-state index is 11.8. The predicted molar refractivity (Wildman–Crippen MR) is 40.0 cm³/mol. The Morgan fingerprint density at radius 1 is 1.67 bits per heavy atom. The van der Waals surface area contributed by atoms with Crippen LogP contribution in [0.3, 0.4) is 0 Å². The number of hydrogen-bond donors (Lipinski definition) is 2. The third-order valence-corrected chi connectivity index (χ3v) is 2.05. The van der Waals surface area contributed by atoms with E-state index in [4.69, 9.17) is 0 Å². The van der Waals surface area contributed by atoms with E-state index in [1.165, 1.54) is 0 Å². The highest BCUT2D eigenvalue weighted by molar-refractivity contribution is 5.79. The molecule has 0 aromatic carbocycles. The van der Waals surface area contributed by atoms with Crippen molar-refractivity contribution in [1.29, 1.82) is 0 Å². The quantitative estimate of drug-likeness (QED) is 0.630. The predicted octanol–water partition coefficient (Wildman–Crippen LogP) is 0.118. The van der Waals surface area contributed by atoms with Crippen molar-refractivity contribution in [2.75, 3.05) is 6.54 Å². The van der Waals surface area contributed by atoms with Crippen molar-refractivity contribution < 1.29 is 13.6 Å². The van der Waals surface area contributed by atoms with Crippen molar-refractivity contribution in [3.8, 4) is 0 Å². The van der Waals surface area contributed by atoms with Crippen LogP contribution in [0.25, 0.3) is 0 Å². The van der Waals surface area contributed by atoms with E-state index in [0.717, 1.165) is 13.0 Å². The van der Waals surface area contributed by atoms with Crippen LogP contribution in [-0.4, -0.2) is 31.0 Å². The van der Waals surface area contributed by atoms with Gasteiger partial charge in [0.25, 0.3) is 5.91 Å². The number of amides is 1. The molecule has 0 saturated carbocycles. The molecule has 2 N–H and O–H groups in total. The number of carbonyl (C=O) groups excluding carboxylic acids is 1. The molecule has 1 saturated heterocycles. The van der Waals surface area contributed by atoms with Crippen LogP contribution in [0.15, 0.2) is 0 Å². The lowest BCUT2D eigenvalue weighted by atomic mass is 10.1. The monoisotopic (exact) mass is 178 g/mol. The normalized spacial score (nSPS) is 29.3. The summed E-state index contributed by atoms with van der Waals surface area (Å²) >= 11 is 0. The van der Waals surface area contributed by atoms with E-state index in [-0.39, 0.29) is 12.1 Å². The molecular formula is C7H12F2N2O. The van der Waals surface area contributed by atoms with E-state index in [0.29, 0.717) is 0 Å². The van der Waals surface area contributed by atoms with Crippen molar-refractivity contribution in [2.45, 2.75) is 31.9 Å². The molecule has 1 aliphatic rings. The van der Waals surface area contributed by atoms with Gasteiger partial charge in [0, 0.05) is 12.1 Å². The largest absolute Gasteiger partial charge is 0.347 e. The SMILES string of the molecule is CC1NCCC1NC(=O)C(F)F.